The zero-order chi connectivity index (χ0) is 15.8. The van der Waals surface area contributed by atoms with Crippen molar-refractivity contribution in [2.75, 3.05) is 11.9 Å². The summed E-state index contributed by atoms with van der Waals surface area (Å²) in [5, 5.41) is 13.8. The van der Waals surface area contributed by atoms with Crippen LogP contribution in [0.5, 0.6) is 0 Å². The van der Waals surface area contributed by atoms with Crippen LogP contribution in [0.15, 0.2) is 54.6 Å². The van der Waals surface area contributed by atoms with Gasteiger partial charge in [-0.25, -0.2) is 0 Å². The van der Waals surface area contributed by atoms with Gasteiger partial charge < -0.3 is 10.6 Å². The quantitative estimate of drug-likeness (QED) is 0.886. The highest BCUT2D eigenvalue weighted by Gasteiger charge is 2.07. The van der Waals surface area contributed by atoms with E-state index < -0.39 is 0 Å². The number of anilines is 1. The van der Waals surface area contributed by atoms with Crippen molar-refractivity contribution in [3.8, 4) is 6.07 Å². The van der Waals surface area contributed by atoms with Gasteiger partial charge in [-0.3, -0.25) is 9.59 Å². The van der Waals surface area contributed by atoms with Crippen LogP contribution in [0.1, 0.15) is 15.9 Å². The Morgan fingerprint density at radius 2 is 1.68 bits per heavy atom. The maximum Gasteiger partial charge on any atom is 0.251 e. The van der Waals surface area contributed by atoms with Crippen LogP contribution in [0.4, 0.5) is 5.69 Å². The molecule has 0 heterocycles. The minimum Gasteiger partial charge on any atom is -0.343 e. The number of nitrogens with zero attached hydrogens (tertiary/aromatic N) is 1. The van der Waals surface area contributed by atoms with E-state index in [1.165, 1.54) is 0 Å². The van der Waals surface area contributed by atoms with Crippen molar-refractivity contribution in [1.82, 2.24) is 5.32 Å². The highest BCUT2D eigenvalue weighted by Crippen LogP contribution is 2.09. The first-order valence-corrected chi connectivity index (χ1v) is 6.78. The second kappa shape index (κ2) is 7.60. The molecule has 0 aromatic heterocycles. The number of carbonyl (C=O) groups is 2. The molecule has 0 radical (unpaired) electrons. The Bertz CT molecular complexity index is 688. The molecule has 5 heteroatoms. The van der Waals surface area contributed by atoms with E-state index in [1.54, 1.807) is 48.5 Å². The Morgan fingerprint density at radius 3 is 2.32 bits per heavy atom. The van der Waals surface area contributed by atoms with Gasteiger partial charge in [0, 0.05) is 11.3 Å². The van der Waals surface area contributed by atoms with Crippen molar-refractivity contribution in [2.24, 2.45) is 0 Å². The third kappa shape index (κ3) is 4.46. The fraction of sp³-hybridized carbons (Fsp3) is 0.118. The molecular weight excluding hydrogens is 278 g/mol. The maximum atomic E-state index is 11.8. The first kappa shape index (κ1) is 15.3. The molecule has 0 unspecified atom stereocenters. The molecule has 2 N–H and O–H groups in total. The lowest BCUT2D eigenvalue weighted by molar-refractivity contribution is -0.115. The molecule has 110 valence electrons. The van der Waals surface area contributed by atoms with E-state index in [9.17, 15) is 9.59 Å². The number of rotatable bonds is 5. The van der Waals surface area contributed by atoms with E-state index in [1.807, 2.05) is 6.07 Å². The smallest absolute Gasteiger partial charge is 0.251 e. The molecule has 2 rings (SSSR count). The van der Waals surface area contributed by atoms with Gasteiger partial charge in [0.2, 0.25) is 5.91 Å². The van der Waals surface area contributed by atoms with Crippen LogP contribution >= 0.6 is 0 Å². The van der Waals surface area contributed by atoms with E-state index in [0.717, 1.165) is 5.56 Å². The zero-order valence-electron chi connectivity index (χ0n) is 11.9. The molecule has 0 saturated carbocycles. The first-order valence-electron chi connectivity index (χ1n) is 6.78. The zero-order valence-corrected chi connectivity index (χ0v) is 11.9. The predicted octanol–water partition coefficient (Wildman–Crippen LogP) is 2.12. The summed E-state index contributed by atoms with van der Waals surface area (Å²) >= 11 is 0. The Hall–Kier alpha value is -3.13. The summed E-state index contributed by atoms with van der Waals surface area (Å²) in [5.41, 5.74) is 2.02. The molecular formula is C17H15N3O2. The third-order valence-electron chi connectivity index (χ3n) is 2.97. The van der Waals surface area contributed by atoms with E-state index in [0.29, 0.717) is 17.7 Å². The summed E-state index contributed by atoms with van der Waals surface area (Å²) < 4.78 is 0. The molecule has 2 amide bonds. The summed E-state index contributed by atoms with van der Waals surface area (Å²) in [4.78, 5) is 23.6. The highest BCUT2D eigenvalue weighted by atomic mass is 16.2. The molecule has 0 aliphatic carbocycles. The molecule has 22 heavy (non-hydrogen) atoms. The number of carbonyl (C=O) groups excluding carboxylic acids is 2. The van der Waals surface area contributed by atoms with Gasteiger partial charge in [0.1, 0.15) is 0 Å². The van der Waals surface area contributed by atoms with Crippen LogP contribution in [0.25, 0.3) is 0 Å². The van der Waals surface area contributed by atoms with Gasteiger partial charge in [-0.1, -0.05) is 30.3 Å². The molecule has 0 saturated heterocycles. The van der Waals surface area contributed by atoms with Crippen molar-refractivity contribution in [2.45, 2.75) is 6.42 Å². The van der Waals surface area contributed by atoms with Gasteiger partial charge in [0.15, 0.2) is 0 Å². The standard InChI is InChI=1S/C17H15N3O2/c18-11-10-13-6-8-15(9-7-13)20-16(21)12-19-17(22)14-4-2-1-3-5-14/h1-9H,10,12H2,(H,19,22)(H,20,21). The first-order chi connectivity index (χ1) is 10.7. The molecule has 0 bridgehead atoms. The third-order valence-corrected chi connectivity index (χ3v) is 2.97. The Labute approximate surface area is 128 Å². The minimum absolute atomic E-state index is 0.103. The molecule has 2 aromatic rings. The molecule has 5 nitrogen and oxygen atoms in total. The van der Waals surface area contributed by atoms with Crippen molar-refractivity contribution in [1.29, 1.82) is 5.26 Å². The number of hydrogen-bond acceptors (Lipinski definition) is 3. The lowest BCUT2D eigenvalue weighted by Crippen LogP contribution is -2.32. The fourth-order valence-electron chi connectivity index (χ4n) is 1.85. The second-order valence-corrected chi connectivity index (χ2v) is 4.63. The summed E-state index contributed by atoms with van der Waals surface area (Å²) in [6.07, 6.45) is 0.335. The van der Waals surface area contributed by atoms with Crippen molar-refractivity contribution in [3.05, 3.63) is 65.7 Å². The van der Waals surface area contributed by atoms with E-state index in [-0.39, 0.29) is 18.4 Å². The van der Waals surface area contributed by atoms with Gasteiger partial charge in [0.25, 0.3) is 5.91 Å². The van der Waals surface area contributed by atoms with Crippen LogP contribution in [0.2, 0.25) is 0 Å². The summed E-state index contributed by atoms with van der Waals surface area (Å²) in [6.45, 7) is -0.103. The van der Waals surface area contributed by atoms with Crippen LogP contribution in [-0.4, -0.2) is 18.4 Å². The fourth-order valence-corrected chi connectivity index (χ4v) is 1.85. The monoisotopic (exact) mass is 293 g/mol. The van der Waals surface area contributed by atoms with Gasteiger partial charge >= 0.3 is 0 Å². The lowest BCUT2D eigenvalue weighted by Gasteiger charge is -2.07. The largest absolute Gasteiger partial charge is 0.343 e. The average molecular weight is 293 g/mol. The SMILES string of the molecule is N#CCc1ccc(NC(=O)CNC(=O)c2ccccc2)cc1. The van der Waals surface area contributed by atoms with Crippen molar-refractivity contribution < 1.29 is 9.59 Å². The van der Waals surface area contributed by atoms with Crippen molar-refractivity contribution in [3.63, 3.8) is 0 Å². The van der Waals surface area contributed by atoms with E-state index in [2.05, 4.69) is 16.7 Å². The van der Waals surface area contributed by atoms with Gasteiger partial charge in [-0.2, -0.15) is 5.26 Å². The number of hydrogen-bond donors (Lipinski definition) is 2. The summed E-state index contributed by atoms with van der Waals surface area (Å²) in [5.74, 6) is -0.600. The minimum atomic E-state index is -0.308. The topological polar surface area (TPSA) is 82.0 Å². The summed E-state index contributed by atoms with van der Waals surface area (Å²) in [7, 11) is 0. The molecule has 0 atom stereocenters. The molecule has 0 aliphatic heterocycles. The predicted molar refractivity (Wildman–Crippen MR) is 83.2 cm³/mol. The Balaban J connectivity index is 1.83. The average Bonchev–Trinajstić information content (AvgIpc) is 2.55. The molecule has 0 fully saturated rings. The number of amides is 2. The van der Waals surface area contributed by atoms with E-state index in [4.69, 9.17) is 5.26 Å². The Morgan fingerprint density at radius 1 is 1.00 bits per heavy atom. The normalized spacial score (nSPS) is 9.59. The summed E-state index contributed by atoms with van der Waals surface area (Å²) in [6, 6.07) is 17.8. The lowest BCUT2D eigenvalue weighted by atomic mass is 10.1. The van der Waals surface area contributed by atoms with Crippen LogP contribution < -0.4 is 10.6 Å². The van der Waals surface area contributed by atoms with Crippen LogP contribution in [0.3, 0.4) is 0 Å². The highest BCUT2D eigenvalue weighted by molar-refractivity contribution is 5.99. The second-order valence-electron chi connectivity index (χ2n) is 4.63. The van der Waals surface area contributed by atoms with Gasteiger partial charge in [0.05, 0.1) is 19.0 Å². The molecule has 0 spiro atoms. The molecule has 0 aliphatic rings. The van der Waals surface area contributed by atoms with Crippen LogP contribution in [0, 0.1) is 11.3 Å². The van der Waals surface area contributed by atoms with Crippen molar-refractivity contribution >= 4 is 17.5 Å². The Kier molecular flexibility index (Phi) is 5.27. The van der Waals surface area contributed by atoms with Crippen LogP contribution in [-0.2, 0) is 11.2 Å². The molecule has 2 aromatic carbocycles. The van der Waals surface area contributed by atoms with E-state index >= 15 is 0 Å². The number of benzene rings is 2. The van der Waals surface area contributed by atoms with Gasteiger partial charge in [-0.05, 0) is 29.8 Å². The number of nitrogens with one attached hydrogen (secondary N) is 2. The maximum absolute atomic E-state index is 11.8. The van der Waals surface area contributed by atoms with Gasteiger partial charge in [-0.15, -0.1) is 0 Å². The number of nitriles is 1.